The van der Waals surface area contributed by atoms with Crippen molar-refractivity contribution >= 4 is 27.5 Å². The van der Waals surface area contributed by atoms with Crippen LogP contribution in [0.5, 0.6) is 17.4 Å². The molecule has 3 aromatic rings. The van der Waals surface area contributed by atoms with Crippen LogP contribution >= 0.6 is 11.3 Å². The second-order valence-corrected chi connectivity index (χ2v) is 6.61. The highest BCUT2D eigenvalue weighted by molar-refractivity contribution is 7.16. The largest absolute Gasteiger partial charge is 0.493 e. The van der Waals surface area contributed by atoms with Crippen LogP contribution in [0.25, 0.3) is 10.2 Å². The number of rotatable bonds is 6. The van der Waals surface area contributed by atoms with Crippen molar-refractivity contribution in [1.82, 2.24) is 14.3 Å². The Morgan fingerprint density at radius 1 is 1.26 bits per heavy atom. The molecule has 0 aliphatic carbocycles. The molecule has 0 bridgehead atoms. The van der Waals surface area contributed by atoms with Crippen molar-refractivity contribution in [2.45, 2.75) is 6.54 Å². The quantitative estimate of drug-likeness (QED) is 0.606. The SMILES string of the molecule is C=CCn1c(=NC(=O)c2cn(C)nc2OC)sc2cc(OC)c(OC)cc21. The first kappa shape index (κ1) is 18.7. The van der Waals surface area contributed by atoms with Crippen molar-refractivity contribution in [1.29, 1.82) is 0 Å². The van der Waals surface area contributed by atoms with Gasteiger partial charge in [0, 0.05) is 31.9 Å². The van der Waals surface area contributed by atoms with E-state index in [2.05, 4.69) is 16.7 Å². The molecule has 1 aromatic carbocycles. The van der Waals surface area contributed by atoms with Crippen LogP contribution in [0.15, 0.2) is 36.0 Å². The molecule has 8 nitrogen and oxygen atoms in total. The maximum Gasteiger partial charge on any atom is 0.286 e. The summed E-state index contributed by atoms with van der Waals surface area (Å²) in [5.74, 6) is 1.03. The molecule has 0 aliphatic rings. The fourth-order valence-corrected chi connectivity index (χ4v) is 3.75. The van der Waals surface area contributed by atoms with Gasteiger partial charge >= 0.3 is 0 Å². The molecule has 2 aromatic heterocycles. The van der Waals surface area contributed by atoms with E-state index in [1.165, 1.54) is 23.1 Å². The van der Waals surface area contributed by atoms with Crippen LogP contribution in [0.3, 0.4) is 0 Å². The van der Waals surface area contributed by atoms with Gasteiger partial charge in [-0.15, -0.1) is 11.7 Å². The van der Waals surface area contributed by atoms with E-state index in [9.17, 15) is 4.79 Å². The van der Waals surface area contributed by atoms with Crippen molar-refractivity contribution in [3.05, 3.63) is 41.3 Å². The van der Waals surface area contributed by atoms with Crippen molar-refractivity contribution in [3.8, 4) is 17.4 Å². The van der Waals surface area contributed by atoms with Gasteiger partial charge in [0.2, 0.25) is 5.88 Å². The molecule has 0 saturated heterocycles. The number of allylic oxidation sites excluding steroid dienone is 1. The lowest BCUT2D eigenvalue weighted by Crippen LogP contribution is -2.16. The maximum absolute atomic E-state index is 12.7. The summed E-state index contributed by atoms with van der Waals surface area (Å²) in [6, 6.07) is 3.73. The number of benzene rings is 1. The van der Waals surface area contributed by atoms with Gasteiger partial charge in [-0.1, -0.05) is 17.4 Å². The van der Waals surface area contributed by atoms with Gasteiger partial charge in [-0.05, 0) is 0 Å². The second-order valence-electron chi connectivity index (χ2n) is 5.60. The maximum atomic E-state index is 12.7. The molecule has 0 spiro atoms. The van der Waals surface area contributed by atoms with Gasteiger partial charge in [0.15, 0.2) is 16.3 Å². The number of aromatic nitrogens is 3. The Bertz CT molecular complexity index is 1080. The molecular weight excluding hydrogens is 368 g/mol. The van der Waals surface area contributed by atoms with Crippen LogP contribution in [-0.4, -0.2) is 41.6 Å². The summed E-state index contributed by atoms with van der Waals surface area (Å²) in [5, 5.41) is 4.10. The Morgan fingerprint density at radius 2 is 1.96 bits per heavy atom. The zero-order valence-electron chi connectivity index (χ0n) is 15.6. The van der Waals surface area contributed by atoms with Crippen molar-refractivity contribution in [2.24, 2.45) is 12.0 Å². The fraction of sp³-hybridized carbons (Fsp3) is 0.278. The number of thiazole rings is 1. The highest BCUT2D eigenvalue weighted by Crippen LogP contribution is 2.33. The van der Waals surface area contributed by atoms with E-state index >= 15 is 0 Å². The van der Waals surface area contributed by atoms with Crippen LogP contribution < -0.4 is 19.0 Å². The second kappa shape index (κ2) is 7.67. The van der Waals surface area contributed by atoms with Gasteiger partial charge in [0.1, 0.15) is 5.56 Å². The van der Waals surface area contributed by atoms with Gasteiger partial charge in [-0.2, -0.15) is 4.99 Å². The number of hydrogen-bond acceptors (Lipinski definition) is 6. The predicted octanol–water partition coefficient (Wildman–Crippen LogP) is 2.39. The summed E-state index contributed by atoms with van der Waals surface area (Å²) < 4.78 is 20.2. The zero-order chi connectivity index (χ0) is 19.6. The number of methoxy groups -OCH3 is 3. The normalized spacial score (nSPS) is 11.6. The molecule has 0 radical (unpaired) electrons. The molecule has 0 fully saturated rings. The predicted molar refractivity (Wildman–Crippen MR) is 103 cm³/mol. The lowest BCUT2D eigenvalue weighted by Gasteiger charge is -2.08. The standard InChI is InChI=1S/C18H20N4O4S/c1-6-7-22-12-8-13(24-3)14(25-4)9-15(12)27-18(22)19-16(23)11-10-21(2)20-17(11)26-5/h6,8-10H,1,7H2,2-5H3. The molecule has 2 heterocycles. The molecule has 27 heavy (non-hydrogen) atoms. The topological polar surface area (TPSA) is 79.9 Å². The summed E-state index contributed by atoms with van der Waals surface area (Å²) in [4.78, 5) is 17.5. The minimum Gasteiger partial charge on any atom is -0.493 e. The van der Waals surface area contributed by atoms with Crippen LogP contribution in [0.2, 0.25) is 0 Å². The average Bonchev–Trinajstić information content (AvgIpc) is 3.20. The van der Waals surface area contributed by atoms with Crippen molar-refractivity contribution < 1.29 is 19.0 Å². The van der Waals surface area contributed by atoms with E-state index in [-0.39, 0.29) is 5.88 Å². The van der Waals surface area contributed by atoms with Gasteiger partial charge in [-0.25, -0.2) is 0 Å². The minimum absolute atomic E-state index is 0.242. The molecule has 0 aliphatic heterocycles. The summed E-state index contributed by atoms with van der Waals surface area (Å²) >= 11 is 1.38. The van der Waals surface area contributed by atoms with E-state index in [1.807, 2.05) is 16.7 Å². The Balaban J connectivity index is 2.20. The number of hydrogen-bond donors (Lipinski definition) is 0. The number of fused-ring (bicyclic) bond motifs is 1. The molecule has 0 unspecified atom stereocenters. The summed E-state index contributed by atoms with van der Waals surface area (Å²) in [6.45, 7) is 4.29. The van der Waals surface area contributed by atoms with E-state index in [4.69, 9.17) is 14.2 Å². The van der Waals surface area contributed by atoms with Crippen LogP contribution in [0.1, 0.15) is 10.4 Å². The molecule has 0 N–H and O–H groups in total. The third-order valence-corrected chi connectivity index (χ3v) is 4.96. The highest BCUT2D eigenvalue weighted by Gasteiger charge is 2.17. The van der Waals surface area contributed by atoms with Gasteiger partial charge in [0.25, 0.3) is 5.91 Å². The monoisotopic (exact) mass is 388 g/mol. The Kier molecular flexibility index (Phi) is 5.31. The summed E-state index contributed by atoms with van der Waals surface area (Å²) in [7, 11) is 6.35. The number of ether oxygens (including phenoxy) is 3. The third-order valence-electron chi connectivity index (χ3n) is 3.92. The molecule has 3 rings (SSSR count). The lowest BCUT2D eigenvalue weighted by molar-refractivity contribution is 0.0995. The summed E-state index contributed by atoms with van der Waals surface area (Å²) in [5.41, 5.74) is 1.18. The van der Waals surface area contributed by atoms with Gasteiger partial charge < -0.3 is 18.8 Å². The number of nitrogens with zero attached hydrogens (tertiary/aromatic N) is 4. The third kappa shape index (κ3) is 3.45. The average molecular weight is 388 g/mol. The Labute approximate surface area is 159 Å². The number of amides is 1. The number of carbonyl (C=O) groups excluding carboxylic acids is 1. The Hall–Kier alpha value is -3.07. The number of carbonyl (C=O) groups is 1. The van der Waals surface area contributed by atoms with Crippen molar-refractivity contribution in [3.63, 3.8) is 0 Å². The molecule has 142 valence electrons. The van der Waals surface area contributed by atoms with E-state index in [0.29, 0.717) is 28.4 Å². The first-order chi connectivity index (χ1) is 13.0. The smallest absolute Gasteiger partial charge is 0.286 e. The van der Waals surface area contributed by atoms with Crippen LogP contribution in [-0.2, 0) is 13.6 Å². The van der Waals surface area contributed by atoms with Gasteiger partial charge in [-0.3, -0.25) is 9.48 Å². The molecule has 1 amide bonds. The van der Waals surface area contributed by atoms with Crippen LogP contribution in [0, 0.1) is 0 Å². The number of aryl methyl sites for hydroxylation is 1. The molecule has 9 heteroatoms. The van der Waals surface area contributed by atoms with Crippen LogP contribution in [0.4, 0.5) is 0 Å². The molecular formula is C18H20N4O4S. The fourth-order valence-electron chi connectivity index (χ4n) is 2.70. The Morgan fingerprint density at radius 3 is 2.59 bits per heavy atom. The first-order valence-corrected chi connectivity index (χ1v) is 8.87. The van der Waals surface area contributed by atoms with Gasteiger partial charge in [0.05, 0.1) is 31.5 Å². The molecule has 0 atom stereocenters. The summed E-state index contributed by atoms with van der Waals surface area (Å²) in [6.07, 6.45) is 3.33. The van der Waals surface area contributed by atoms with E-state index in [1.54, 1.807) is 33.5 Å². The minimum atomic E-state index is -0.428. The molecule has 0 saturated carbocycles. The van der Waals surface area contributed by atoms with Crippen molar-refractivity contribution in [2.75, 3.05) is 21.3 Å². The zero-order valence-corrected chi connectivity index (χ0v) is 16.4. The lowest BCUT2D eigenvalue weighted by atomic mass is 10.3. The van der Waals surface area contributed by atoms with E-state index < -0.39 is 5.91 Å². The van der Waals surface area contributed by atoms with E-state index in [0.717, 1.165) is 10.2 Å². The highest BCUT2D eigenvalue weighted by atomic mass is 32.1. The first-order valence-electron chi connectivity index (χ1n) is 8.05.